The zero-order chi connectivity index (χ0) is 14.1. The number of aromatic amines is 1. The second-order valence-corrected chi connectivity index (χ2v) is 4.31. The first-order chi connectivity index (χ1) is 9.65. The van der Waals surface area contributed by atoms with Gasteiger partial charge in [-0.1, -0.05) is 12.1 Å². The minimum absolute atomic E-state index is 0.00788. The highest BCUT2D eigenvalue weighted by atomic mass is 16.6. The number of hydrogen-bond acceptors (Lipinski definition) is 4. The molecule has 2 heterocycles. The van der Waals surface area contributed by atoms with Crippen LogP contribution in [0.4, 0.5) is 5.69 Å². The van der Waals surface area contributed by atoms with Crippen molar-refractivity contribution in [2.75, 3.05) is 0 Å². The van der Waals surface area contributed by atoms with Gasteiger partial charge in [0.25, 0.3) is 5.69 Å². The summed E-state index contributed by atoms with van der Waals surface area (Å²) < 4.78 is 1.50. The summed E-state index contributed by atoms with van der Waals surface area (Å²) in [5.74, 6) is 0. The fourth-order valence-electron chi connectivity index (χ4n) is 2.10. The van der Waals surface area contributed by atoms with Crippen molar-refractivity contribution in [1.82, 2.24) is 14.5 Å². The van der Waals surface area contributed by atoms with Gasteiger partial charge in [0.1, 0.15) is 0 Å². The standard InChI is InChI=1S/C13H10N4O3/c18-13-15-12-11(5-2-6-14-12)16(13)8-9-3-1-4-10(7-9)17(19)20/h1-7H,8H2,(H,14,15,18). The molecule has 0 bridgehead atoms. The fraction of sp³-hybridized carbons (Fsp3) is 0.0769. The van der Waals surface area contributed by atoms with Crippen LogP contribution in [0.15, 0.2) is 47.4 Å². The SMILES string of the molecule is O=c1[nH]c2ncccc2n1Cc1cccc([N+](=O)[O-])c1. The molecule has 20 heavy (non-hydrogen) atoms. The molecule has 0 saturated heterocycles. The van der Waals surface area contributed by atoms with Gasteiger partial charge in [0.15, 0.2) is 5.65 Å². The number of rotatable bonds is 3. The average Bonchev–Trinajstić information content (AvgIpc) is 2.76. The van der Waals surface area contributed by atoms with E-state index in [2.05, 4.69) is 9.97 Å². The second kappa shape index (κ2) is 4.61. The maximum absolute atomic E-state index is 11.9. The lowest BCUT2D eigenvalue weighted by Gasteiger charge is -2.03. The van der Waals surface area contributed by atoms with Gasteiger partial charge in [-0.25, -0.2) is 9.78 Å². The quantitative estimate of drug-likeness (QED) is 0.578. The Morgan fingerprint density at radius 1 is 1.30 bits per heavy atom. The van der Waals surface area contributed by atoms with E-state index in [0.29, 0.717) is 16.7 Å². The first-order valence-corrected chi connectivity index (χ1v) is 5.92. The molecule has 0 radical (unpaired) electrons. The summed E-state index contributed by atoms with van der Waals surface area (Å²) in [6, 6.07) is 9.74. The van der Waals surface area contributed by atoms with E-state index in [9.17, 15) is 14.9 Å². The molecule has 100 valence electrons. The summed E-state index contributed by atoms with van der Waals surface area (Å²) in [6.45, 7) is 0.256. The van der Waals surface area contributed by atoms with Crippen LogP contribution in [-0.2, 0) is 6.54 Å². The Kier molecular flexibility index (Phi) is 2.79. The highest BCUT2D eigenvalue weighted by molar-refractivity contribution is 5.70. The summed E-state index contributed by atoms with van der Waals surface area (Å²) in [7, 11) is 0. The van der Waals surface area contributed by atoms with E-state index in [1.807, 2.05) is 0 Å². The molecule has 0 aliphatic rings. The molecule has 7 nitrogen and oxygen atoms in total. The third kappa shape index (κ3) is 2.05. The third-order valence-corrected chi connectivity index (χ3v) is 3.01. The largest absolute Gasteiger partial charge is 0.327 e. The van der Waals surface area contributed by atoms with E-state index in [4.69, 9.17) is 0 Å². The maximum Gasteiger partial charge on any atom is 0.327 e. The van der Waals surface area contributed by atoms with Crippen LogP contribution in [0.1, 0.15) is 5.56 Å². The molecular weight excluding hydrogens is 260 g/mol. The molecule has 2 aromatic heterocycles. The molecule has 3 rings (SSSR count). The van der Waals surface area contributed by atoms with Crippen molar-refractivity contribution in [2.24, 2.45) is 0 Å². The Bertz CT molecular complexity index is 850. The predicted octanol–water partition coefficient (Wildman–Crippen LogP) is 1.68. The predicted molar refractivity (Wildman–Crippen MR) is 72.6 cm³/mol. The van der Waals surface area contributed by atoms with Gasteiger partial charge in [-0.3, -0.25) is 19.7 Å². The zero-order valence-corrected chi connectivity index (χ0v) is 10.3. The van der Waals surface area contributed by atoms with E-state index in [-0.39, 0.29) is 17.9 Å². The van der Waals surface area contributed by atoms with Crippen molar-refractivity contribution in [2.45, 2.75) is 6.54 Å². The number of nitro groups is 1. The number of nitro benzene ring substituents is 1. The Morgan fingerprint density at radius 3 is 2.95 bits per heavy atom. The van der Waals surface area contributed by atoms with E-state index < -0.39 is 4.92 Å². The van der Waals surface area contributed by atoms with Crippen molar-refractivity contribution in [1.29, 1.82) is 0 Å². The Hall–Kier alpha value is -2.96. The fourth-order valence-corrected chi connectivity index (χ4v) is 2.10. The van der Waals surface area contributed by atoms with Gasteiger partial charge >= 0.3 is 5.69 Å². The lowest BCUT2D eigenvalue weighted by atomic mass is 10.2. The average molecular weight is 270 g/mol. The van der Waals surface area contributed by atoms with Crippen molar-refractivity contribution in [3.63, 3.8) is 0 Å². The normalized spacial score (nSPS) is 10.8. The number of non-ortho nitro benzene ring substituents is 1. The number of H-pyrrole nitrogens is 1. The lowest BCUT2D eigenvalue weighted by Crippen LogP contribution is -2.17. The molecular formula is C13H10N4O3. The molecule has 7 heteroatoms. The monoisotopic (exact) mass is 270 g/mol. The minimum atomic E-state index is -0.455. The number of benzene rings is 1. The van der Waals surface area contributed by atoms with Crippen LogP contribution in [0.3, 0.4) is 0 Å². The topological polar surface area (TPSA) is 93.8 Å². The van der Waals surface area contributed by atoms with Gasteiger partial charge in [-0.2, -0.15) is 0 Å². The molecule has 3 aromatic rings. The number of fused-ring (bicyclic) bond motifs is 1. The van der Waals surface area contributed by atoms with Gasteiger partial charge in [0, 0.05) is 18.3 Å². The van der Waals surface area contributed by atoms with Gasteiger partial charge in [0.05, 0.1) is 17.0 Å². The Balaban J connectivity index is 2.05. The Morgan fingerprint density at radius 2 is 2.15 bits per heavy atom. The van der Waals surface area contributed by atoms with Crippen LogP contribution < -0.4 is 5.69 Å². The van der Waals surface area contributed by atoms with Crippen LogP contribution in [-0.4, -0.2) is 19.5 Å². The van der Waals surface area contributed by atoms with Gasteiger partial charge in [-0.15, -0.1) is 0 Å². The zero-order valence-electron chi connectivity index (χ0n) is 10.3. The molecule has 0 saturated carbocycles. The molecule has 0 aliphatic carbocycles. The van der Waals surface area contributed by atoms with Crippen LogP contribution in [0.5, 0.6) is 0 Å². The second-order valence-electron chi connectivity index (χ2n) is 4.31. The molecule has 1 aromatic carbocycles. The van der Waals surface area contributed by atoms with Crippen molar-refractivity contribution < 1.29 is 4.92 Å². The summed E-state index contributed by atoms with van der Waals surface area (Å²) >= 11 is 0. The molecule has 0 fully saturated rings. The minimum Gasteiger partial charge on any atom is -0.290 e. The number of hydrogen-bond donors (Lipinski definition) is 1. The smallest absolute Gasteiger partial charge is 0.290 e. The highest BCUT2D eigenvalue weighted by Crippen LogP contribution is 2.15. The summed E-state index contributed by atoms with van der Waals surface area (Å²) in [5, 5.41) is 10.8. The summed E-state index contributed by atoms with van der Waals surface area (Å²) in [6.07, 6.45) is 1.59. The summed E-state index contributed by atoms with van der Waals surface area (Å²) in [4.78, 5) is 28.9. The summed E-state index contributed by atoms with van der Waals surface area (Å²) in [5.41, 5.74) is 1.58. The van der Waals surface area contributed by atoms with E-state index in [1.54, 1.807) is 30.5 Å². The molecule has 0 spiro atoms. The number of imidazole rings is 1. The van der Waals surface area contributed by atoms with E-state index in [0.717, 1.165) is 0 Å². The Labute approximate surface area is 112 Å². The van der Waals surface area contributed by atoms with Crippen molar-refractivity contribution in [3.05, 3.63) is 68.8 Å². The van der Waals surface area contributed by atoms with Crippen LogP contribution in [0.25, 0.3) is 11.2 Å². The molecule has 1 N–H and O–H groups in total. The first-order valence-electron chi connectivity index (χ1n) is 5.92. The molecule has 0 aliphatic heterocycles. The number of pyridine rings is 1. The van der Waals surface area contributed by atoms with E-state index in [1.165, 1.54) is 16.7 Å². The number of nitrogens with zero attached hydrogens (tertiary/aromatic N) is 3. The van der Waals surface area contributed by atoms with Gasteiger partial charge in [0.2, 0.25) is 0 Å². The van der Waals surface area contributed by atoms with Crippen LogP contribution in [0.2, 0.25) is 0 Å². The maximum atomic E-state index is 11.9. The van der Waals surface area contributed by atoms with Crippen LogP contribution in [0, 0.1) is 10.1 Å². The third-order valence-electron chi connectivity index (χ3n) is 3.01. The van der Waals surface area contributed by atoms with E-state index >= 15 is 0 Å². The lowest BCUT2D eigenvalue weighted by molar-refractivity contribution is -0.384. The molecule has 0 atom stereocenters. The van der Waals surface area contributed by atoms with Gasteiger partial charge < -0.3 is 0 Å². The van der Waals surface area contributed by atoms with Crippen LogP contribution >= 0.6 is 0 Å². The number of aromatic nitrogens is 3. The van der Waals surface area contributed by atoms with Crippen molar-refractivity contribution in [3.8, 4) is 0 Å². The number of nitrogens with one attached hydrogen (secondary N) is 1. The molecule has 0 unspecified atom stereocenters. The highest BCUT2D eigenvalue weighted by Gasteiger charge is 2.10. The van der Waals surface area contributed by atoms with Gasteiger partial charge in [-0.05, 0) is 17.7 Å². The molecule has 0 amide bonds. The first kappa shape index (κ1) is 12.1. The van der Waals surface area contributed by atoms with Crippen molar-refractivity contribution >= 4 is 16.9 Å².